The van der Waals surface area contributed by atoms with Crippen LogP contribution in [0.5, 0.6) is 5.75 Å². The van der Waals surface area contributed by atoms with Crippen molar-refractivity contribution < 1.29 is 28.7 Å². The van der Waals surface area contributed by atoms with E-state index >= 15 is 0 Å². The summed E-state index contributed by atoms with van der Waals surface area (Å²) >= 11 is 6.22. The molecule has 1 heterocycles. The highest BCUT2D eigenvalue weighted by atomic mass is 35.5. The molecule has 0 saturated heterocycles. The molecule has 0 aliphatic carbocycles. The Hall–Kier alpha value is -4.43. The predicted molar refractivity (Wildman–Crippen MR) is 143 cm³/mol. The van der Waals surface area contributed by atoms with E-state index in [9.17, 15) is 19.2 Å². The van der Waals surface area contributed by atoms with E-state index in [1.165, 1.54) is 24.3 Å². The van der Waals surface area contributed by atoms with Gasteiger partial charge in [-0.05, 0) is 87.4 Å². The molecule has 0 radical (unpaired) electrons. The average molecular weight is 533 g/mol. The molecule has 194 valence electrons. The number of hydrogen-bond acceptors (Lipinski definition) is 7. The van der Waals surface area contributed by atoms with Gasteiger partial charge in [-0.3, -0.25) is 9.59 Å². The first kappa shape index (κ1) is 26.6. The highest BCUT2D eigenvalue weighted by Gasteiger charge is 2.39. The van der Waals surface area contributed by atoms with Gasteiger partial charge in [0.1, 0.15) is 16.5 Å². The largest absolute Gasteiger partial charge is 0.459 e. The number of aryl methyl sites for hydroxylation is 2. The monoisotopic (exact) mass is 532 g/mol. The predicted octanol–water partition coefficient (Wildman–Crippen LogP) is 5.52. The summed E-state index contributed by atoms with van der Waals surface area (Å²) in [5.74, 6) is -1.88. The van der Waals surface area contributed by atoms with Crippen LogP contribution in [-0.4, -0.2) is 29.9 Å². The summed E-state index contributed by atoms with van der Waals surface area (Å²) in [5.41, 5.74) is 2.87. The fraction of sp³-hybridized carbons (Fsp3) is 0.172. The molecule has 9 heteroatoms. The fourth-order valence-electron chi connectivity index (χ4n) is 3.82. The van der Waals surface area contributed by atoms with Crippen molar-refractivity contribution >= 4 is 46.7 Å². The number of amides is 2. The number of carbonyl (C=O) groups is 4. The Morgan fingerprint density at radius 3 is 1.95 bits per heavy atom. The van der Waals surface area contributed by atoms with Gasteiger partial charge in [-0.25, -0.2) is 14.5 Å². The zero-order valence-electron chi connectivity index (χ0n) is 21.2. The lowest BCUT2D eigenvalue weighted by Crippen LogP contribution is -2.32. The average Bonchev–Trinajstić information content (AvgIpc) is 3.09. The quantitative estimate of drug-likeness (QED) is 0.243. The lowest BCUT2D eigenvalue weighted by Gasteiger charge is -2.16. The van der Waals surface area contributed by atoms with Crippen LogP contribution in [0, 0.1) is 13.8 Å². The molecule has 8 nitrogen and oxygen atoms in total. The molecule has 0 spiro atoms. The number of para-hydroxylation sites is 1. The summed E-state index contributed by atoms with van der Waals surface area (Å²) in [6.45, 7) is 7.19. The summed E-state index contributed by atoms with van der Waals surface area (Å²) in [6.07, 6.45) is -0.280. The van der Waals surface area contributed by atoms with Crippen molar-refractivity contribution in [1.82, 2.24) is 0 Å². The maximum absolute atomic E-state index is 13.1. The second-order valence-electron chi connectivity index (χ2n) is 8.95. The van der Waals surface area contributed by atoms with E-state index in [1.807, 2.05) is 32.0 Å². The molecule has 0 saturated carbocycles. The Morgan fingerprint density at radius 2 is 1.37 bits per heavy atom. The van der Waals surface area contributed by atoms with Gasteiger partial charge in [-0.2, -0.15) is 0 Å². The number of esters is 2. The van der Waals surface area contributed by atoms with Crippen molar-refractivity contribution in [3.05, 3.63) is 99.7 Å². The zero-order chi connectivity index (χ0) is 27.6. The Bertz CT molecular complexity index is 1440. The molecule has 4 rings (SSSR count). The molecule has 2 amide bonds. The van der Waals surface area contributed by atoms with Crippen LogP contribution in [0.1, 0.15) is 45.7 Å². The summed E-state index contributed by atoms with van der Waals surface area (Å²) < 4.78 is 10.7. The molecule has 0 fully saturated rings. The molecule has 0 bridgehead atoms. The van der Waals surface area contributed by atoms with Gasteiger partial charge >= 0.3 is 11.9 Å². The second kappa shape index (κ2) is 10.9. The number of benzene rings is 3. The third kappa shape index (κ3) is 5.45. The van der Waals surface area contributed by atoms with E-state index < -0.39 is 23.8 Å². The van der Waals surface area contributed by atoms with Gasteiger partial charge in [0.25, 0.3) is 11.8 Å². The SMILES string of the molecule is Cc1cccc(C)c1OC(=O)c1ccc(NC2=C(Cl)C(=O)N(c3ccc(C(=O)OC(C)C)cc3)C2=O)cc1. The van der Waals surface area contributed by atoms with Crippen LogP contribution in [0.15, 0.2) is 77.5 Å². The van der Waals surface area contributed by atoms with E-state index in [4.69, 9.17) is 21.1 Å². The topological polar surface area (TPSA) is 102 Å². The molecular weight excluding hydrogens is 508 g/mol. The zero-order valence-corrected chi connectivity index (χ0v) is 22.0. The molecule has 1 N–H and O–H groups in total. The molecule has 38 heavy (non-hydrogen) atoms. The minimum atomic E-state index is -0.703. The Labute approximate surface area is 224 Å². The van der Waals surface area contributed by atoms with Crippen LogP contribution < -0.4 is 15.0 Å². The smallest absolute Gasteiger partial charge is 0.343 e. The molecule has 3 aromatic carbocycles. The van der Waals surface area contributed by atoms with E-state index in [-0.39, 0.29) is 28.1 Å². The van der Waals surface area contributed by atoms with E-state index in [2.05, 4.69) is 5.32 Å². The van der Waals surface area contributed by atoms with E-state index in [1.54, 1.807) is 38.1 Å². The lowest BCUT2D eigenvalue weighted by atomic mass is 10.1. The standard InChI is InChI=1S/C29H25ClN2O6/c1-16(2)37-28(35)20-10-14-22(15-11-20)32-26(33)23(30)24(27(32)34)31-21-12-8-19(9-13-21)29(36)38-25-17(3)6-5-7-18(25)4/h5-16,31H,1-4H3. The summed E-state index contributed by atoms with van der Waals surface area (Å²) in [5, 5.41) is 2.58. The Kier molecular flexibility index (Phi) is 7.64. The molecule has 0 aromatic heterocycles. The van der Waals surface area contributed by atoms with Crippen LogP contribution in [0.3, 0.4) is 0 Å². The summed E-state index contributed by atoms with van der Waals surface area (Å²) in [4.78, 5) is 51.5. The number of nitrogens with one attached hydrogen (secondary N) is 1. The first-order valence-corrected chi connectivity index (χ1v) is 12.2. The van der Waals surface area contributed by atoms with Gasteiger partial charge in [0.2, 0.25) is 0 Å². The molecule has 3 aromatic rings. The van der Waals surface area contributed by atoms with Crippen molar-refractivity contribution in [3.8, 4) is 5.75 Å². The first-order valence-electron chi connectivity index (χ1n) is 11.8. The van der Waals surface area contributed by atoms with Crippen LogP contribution in [0.25, 0.3) is 0 Å². The van der Waals surface area contributed by atoms with Crippen molar-refractivity contribution in [2.24, 2.45) is 0 Å². The third-order valence-corrected chi connectivity index (χ3v) is 6.08. The number of rotatable bonds is 7. The number of imide groups is 1. The number of carbonyl (C=O) groups excluding carboxylic acids is 4. The molecule has 0 unspecified atom stereocenters. The van der Waals surface area contributed by atoms with Gasteiger partial charge in [0, 0.05) is 5.69 Å². The first-order chi connectivity index (χ1) is 18.1. The third-order valence-electron chi connectivity index (χ3n) is 5.72. The molecule has 0 atom stereocenters. The van der Waals surface area contributed by atoms with Gasteiger partial charge in [0.15, 0.2) is 0 Å². The summed E-state index contributed by atoms with van der Waals surface area (Å²) in [6, 6.07) is 17.7. The van der Waals surface area contributed by atoms with Gasteiger partial charge in [-0.1, -0.05) is 29.8 Å². The normalized spacial score (nSPS) is 13.3. The highest BCUT2D eigenvalue weighted by molar-refractivity contribution is 6.53. The fourth-order valence-corrected chi connectivity index (χ4v) is 4.03. The Morgan fingerprint density at radius 1 is 0.816 bits per heavy atom. The van der Waals surface area contributed by atoms with Crippen molar-refractivity contribution in [3.63, 3.8) is 0 Å². The number of hydrogen-bond donors (Lipinski definition) is 1. The minimum absolute atomic E-state index is 0.106. The van der Waals surface area contributed by atoms with Crippen molar-refractivity contribution in [2.45, 2.75) is 33.8 Å². The minimum Gasteiger partial charge on any atom is -0.459 e. The van der Waals surface area contributed by atoms with Crippen LogP contribution >= 0.6 is 11.6 Å². The van der Waals surface area contributed by atoms with E-state index in [0.717, 1.165) is 16.0 Å². The Balaban J connectivity index is 1.46. The van der Waals surface area contributed by atoms with E-state index in [0.29, 0.717) is 17.0 Å². The molecule has 1 aliphatic rings. The van der Waals surface area contributed by atoms with Crippen molar-refractivity contribution in [1.29, 1.82) is 0 Å². The molecular formula is C29H25ClN2O6. The summed E-state index contributed by atoms with van der Waals surface area (Å²) in [7, 11) is 0. The van der Waals surface area contributed by atoms with Crippen LogP contribution in [0.4, 0.5) is 11.4 Å². The number of ether oxygens (including phenoxy) is 2. The molecule has 1 aliphatic heterocycles. The number of halogens is 1. The van der Waals surface area contributed by atoms with Crippen LogP contribution in [0.2, 0.25) is 0 Å². The number of anilines is 2. The van der Waals surface area contributed by atoms with Gasteiger partial charge < -0.3 is 14.8 Å². The number of nitrogens with zero attached hydrogens (tertiary/aromatic N) is 1. The highest BCUT2D eigenvalue weighted by Crippen LogP contribution is 2.31. The lowest BCUT2D eigenvalue weighted by molar-refractivity contribution is -0.120. The van der Waals surface area contributed by atoms with Crippen molar-refractivity contribution in [2.75, 3.05) is 10.2 Å². The maximum Gasteiger partial charge on any atom is 0.343 e. The van der Waals surface area contributed by atoms with Gasteiger partial charge in [-0.15, -0.1) is 0 Å². The second-order valence-corrected chi connectivity index (χ2v) is 9.33. The van der Waals surface area contributed by atoms with Crippen LogP contribution in [-0.2, 0) is 14.3 Å². The maximum atomic E-state index is 13.1. The van der Waals surface area contributed by atoms with Gasteiger partial charge in [0.05, 0.1) is 22.9 Å².